The zero-order chi connectivity index (χ0) is 22.6. The van der Waals surface area contributed by atoms with Crippen LogP contribution in [0.2, 0.25) is 0 Å². The molecule has 0 radical (unpaired) electrons. The van der Waals surface area contributed by atoms with Crippen LogP contribution in [-0.2, 0) is 6.18 Å². The molecule has 0 saturated heterocycles. The van der Waals surface area contributed by atoms with Crippen LogP contribution in [0.4, 0.5) is 13.2 Å². The second-order valence-electron chi connectivity index (χ2n) is 7.19. The third-order valence-corrected chi connectivity index (χ3v) is 5.58. The van der Waals surface area contributed by atoms with E-state index < -0.39 is 11.7 Å². The maximum absolute atomic E-state index is 13.3. The largest absolute Gasteiger partial charge is 0.416 e. The van der Waals surface area contributed by atoms with Crippen molar-refractivity contribution in [1.29, 1.82) is 15.8 Å². The van der Waals surface area contributed by atoms with Gasteiger partial charge < -0.3 is 0 Å². The molecule has 0 heterocycles. The van der Waals surface area contributed by atoms with Crippen LogP contribution in [0.15, 0.2) is 58.5 Å². The van der Waals surface area contributed by atoms with Gasteiger partial charge in [0.05, 0.1) is 27.9 Å². The van der Waals surface area contributed by atoms with Crippen molar-refractivity contribution in [3.05, 3.63) is 70.4 Å². The normalized spacial score (nSPS) is 13.1. The molecule has 32 heavy (non-hydrogen) atoms. The van der Waals surface area contributed by atoms with Gasteiger partial charge in [0.2, 0.25) is 12.4 Å². The van der Waals surface area contributed by atoms with Gasteiger partial charge in [-0.3, -0.25) is 0 Å². The SMILES string of the molecule is N#CN=c1c2cc(C#N)ccc2c2cc3c(cc12)c(=NC#N)c1cc(C(F)(F)F)ccc13. The van der Waals surface area contributed by atoms with Crippen LogP contribution in [-0.4, -0.2) is 0 Å². The number of fused-ring (bicyclic) bond motifs is 6. The number of benzene rings is 3. The predicted molar refractivity (Wildman–Crippen MR) is 111 cm³/mol. The molecule has 5 nitrogen and oxygen atoms in total. The summed E-state index contributed by atoms with van der Waals surface area (Å²) in [6.07, 6.45) is -1.09. The monoisotopic (exact) mass is 423 g/mol. The molecular weight excluding hydrogens is 415 g/mol. The highest BCUT2D eigenvalue weighted by atomic mass is 19.4. The highest BCUT2D eigenvalue weighted by molar-refractivity contribution is 6.21. The average molecular weight is 423 g/mol. The maximum Gasteiger partial charge on any atom is 0.416 e. The minimum absolute atomic E-state index is 0.136. The fourth-order valence-electron chi connectivity index (χ4n) is 4.26. The lowest BCUT2D eigenvalue weighted by Gasteiger charge is -2.06. The number of nitrogens with zero attached hydrogens (tertiary/aromatic N) is 5. The Hall–Kier alpha value is -4.74. The number of halogens is 3. The molecule has 0 aliphatic heterocycles. The summed E-state index contributed by atoms with van der Waals surface area (Å²) in [5.41, 5.74) is -0.421. The average Bonchev–Trinajstić information content (AvgIpc) is 3.24. The summed E-state index contributed by atoms with van der Waals surface area (Å²) in [6.45, 7) is 0. The van der Waals surface area contributed by atoms with Gasteiger partial charge in [-0.25, -0.2) is 0 Å². The summed E-state index contributed by atoms with van der Waals surface area (Å²) in [7, 11) is 0. The molecule has 5 rings (SSSR count). The van der Waals surface area contributed by atoms with Crippen LogP contribution in [0, 0.1) is 34.2 Å². The summed E-state index contributed by atoms with van der Waals surface area (Å²) in [6, 6.07) is 14.0. The standard InChI is InChI=1S/C24H8F3N5/c25-24(26,27)13-2-4-15-17-7-16-14-3-1-12(9-28)5-18(14)22(31-10-29)20(16)8-21(17)23(32-11-30)19(15)6-13/h1-8H. The second kappa shape index (κ2) is 6.63. The van der Waals surface area contributed by atoms with Gasteiger partial charge in [-0.05, 0) is 57.9 Å². The van der Waals surface area contributed by atoms with E-state index in [0.717, 1.165) is 22.9 Å². The van der Waals surface area contributed by atoms with Crippen molar-refractivity contribution in [1.82, 2.24) is 0 Å². The van der Waals surface area contributed by atoms with E-state index in [-0.39, 0.29) is 10.7 Å². The summed E-state index contributed by atoms with van der Waals surface area (Å²) in [5.74, 6) is 0. The molecule has 0 fully saturated rings. The van der Waals surface area contributed by atoms with Gasteiger partial charge in [0.1, 0.15) is 0 Å². The van der Waals surface area contributed by atoms with Gasteiger partial charge in [-0.1, -0.05) is 12.1 Å². The topological polar surface area (TPSA) is 96.1 Å². The molecule has 150 valence electrons. The van der Waals surface area contributed by atoms with Crippen molar-refractivity contribution in [2.75, 3.05) is 0 Å². The Bertz CT molecular complexity index is 1850. The minimum atomic E-state index is -4.53. The van der Waals surface area contributed by atoms with Gasteiger partial charge in [-0.2, -0.15) is 38.9 Å². The minimum Gasteiger partial charge on any atom is -0.192 e. The maximum atomic E-state index is 13.3. The quantitative estimate of drug-likeness (QED) is 0.334. The smallest absolute Gasteiger partial charge is 0.192 e. The zero-order valence-electron chi connectivity index (χ0n) is 16.0. The molecule has 0 bridgehead atoms. The van der Waals surface area contributed by atoms with Crippen molar-refractivity contribution < 1.29 is 13.2 Å². The van der Waals surface area contributed by atoms with Crippen LogP contribution in [0.5, 0.6) is 0 Å². The first-order valence-electron chi connectivity index (χ1n) is 9.26. The first-order chi connectivity index (χ1) is 15.4. The van der Waals surface area contributed by atoms with E-state index in [9.17, 15) is 29.0 Å². The lowest BCUT2D eigenvalue weighted by molar-refractivity contribution is -0.137. The Morgan fingerprint density at radius 2 is 1.09 bits per heavy atom. The first kappa shape index (κ1) is 19.2. The first-order valence-corrected chi connectivity index (χ1v) is 9.26. The molecule has 5 aromatic carbocycles. The number of hydrogen-bond acceptors (Lipinski definition) is 5. The molecule has 0 atom stereocenters. The van der Waals surface area contributed by atoms with Gasteiger partial charge in [-0.15, -0.1) is 0 Å². The van der Waals surface area contributed by atoms with Gasteiger partial charge in [0.15, 0.2) is 0 Å². The lowest BCUT2D eigenvalue weighted by atomic mass is 10.1. The van der Waals surface area contributed by atoms with Crippen LogP contribution >= 0.6 is 0 Å². The van der Waals surface area contributed by atoms with Gasteiger partial charge in [0.25, 0.3) is 0 Å². The van der Waals surface area contributed by atoms with Crippen LogP contribution < -0.4 is 10.7 Å². The molecule has 0 aromatic heterocycles. The van der Waals surface area contributed by atoms with Gasteiger partial charge in [0, 0.05) is 21.5 Å². The highest BCUT2D eigenvalue weighted by Gasteiger charge is 2.31. The van der Waals surface area contributed by atoms with E-state index in [2.05, 4.69) is 16.1 Å². The molecular formula is C24H8F3N5. The Labute approximate surface area is 177 Å². The highest BCUT2D eigenvalue weighted by Crippen LogP contribution is 2.36. The van der Waals surface area contributed by atoms with Crippen LogP contribution in [0.3, 0.4) is 0 Å². The Kier molecular flexibility index (Phi) is 3.99. The number of rotatable bonds is 0. The van der Waals surface area contributed by atoms with Crippen molar-refractivity contribution in [3.8, 4) is 18.5 Å². The van der Waals surface area contributed by atoms with Crippen molar-refractivity contribution >= 4 is 43.1 Å². The third kappa shape index (κ3) is 2.62. The fraction of sp³-hybridized carbons (Fsp3) is 0.0417. The molecule has 0 aliphatic carbocycles. The third-order valence-electron chi connectivity index (χ3n) is 5.58. The molecule has 0 amide bonds. The van der Waals surface area contributed by atoms with Gasteiger partial charge >= 0.3 is 6.18 Å². The summed E-state index contributed by atoms with van der Waals surface area (Å²) in [4.78, 5) is 7.74. The van der Waals surface area contributed by atoms with Crippen molar-refractivity contribution in [2.24, 2.45) is 9.98 Å². The molecule has 0 N–H and O–H groups in total. The summed E-state index contributed by atoms with van der Waals surface area (Å²) >= 11 is 0. The Morgan fingerprint density at radius 1 is 0.594 bits per heavy atom. The Balaban J connectivity index is 2.04. The number of alkyl halides is 3. The van der Waals surface area contributed by atoms with E-state index in [0.29, 0.717) is 37.9 Å². The summed E-state index contributed by atoms with van der Waals surface area (Å²) in [5, 5.41) is 32.7. The molecule has 8 heteroatoms. The number of nitriles is 3. The molecule has 0 spiro atoms. The van der Waals surface area contributed by atoms with Crippen LogP contribution in [0.25, 0.3) is 43.1 Å². The van der Waals surface area contributed by atoms with E-state index in [4.69, 9.17) is 0 Å². The fourth-order valence-corrected chi connectivity index (χ4v) is 4.26. The molecule has 5 aromatic rings. The second-order valence-corrected chi connectivity index (χ2v) is 7.19. The summed E-state index contributed by atoms with van der Waals surface area (Å²) < 4.78 is 39.8. The zero-order valence-corrected chi connectivity index (χ0v) is 16.0. The number of hydrogen-bond donors (Lipinski definition) is 0. The van der Waals surface area contributed by atoms with E-state index >= 15 is 0 Å². The van der Waals surface area contributed by atoms with Crippen LogP contribution in [0.1, 0.15) is 11.1 Å². The predicted octanol–water partition coefficient (Wildman–Crippen LogP) is 4.83. The van der Waals surface area contributed by atoms with E-state index in [1.54, 1.807) is 42.7 Å². The lowest BCUT2D eigenvalue weighted by Crippen LogP contribution is -2.06. The van der Waals surface area contributed by atoms with E-state index in [1.165, 1.54) is 6.07 Å². The molecule has 0 saturated carbocycles. The Morgan fingerprint density at radius 3 is 1.62 bits per heavy atom. The van der Waals surface area contributed by atoms with Crippen molar-refractivity contribution in [3.63, 3.8) is 0 Å². The molecule has 0 unspecified atom stereocenters. The van der Waals surface area contributed by atoms with E-state index in [1.807, 2.05) is 0 Å². The molecule has 0 aliphatic rings. The van der Waals surface area contributed by atoms with Crippen molar-refractivity contribution in [2.45, 2.75) is 6.18 Å².